The van der Waals surface area contributed by atoms with Crippen LogP contribution in [0.5, 0.6) is 0 Å². The molecule has 0 spiro atoms. The zero-order valence-corrected chi connectivity index (χ0v) is 25.5. The molecule has 1 unspecified atom stereocenters. The third-order valence-electron chi connectivity index (χ3n) is 8.26. The fourth-order valence-electron chi connectivity index (χ4n) is 5.62. The fraction of sp³-hybridized carbons (Fsp3) is 0.273. The van der Waals surface area contributed by atoms with E-state index in [9.17, 15) is 13.2 Å². The second-order valence-electron chi connectivity index (χ2n) is 11.2. The predicted molar refractivity (Wildman–Crippen MR) is 165 cm³/mol. The summed E-state index contributed by atoms with van der Waals surface area (Å²) < 4.78 is 39.3. The average Bonchev–Trinajstić information content (AvgIpc) is 3.55. The maximum Gasteiger partial charge on any atom is 0.316 e. The van der Waals surface area contributed by atoms with Crippen molar-refractivity contribution < 1.29 is 22.5 Å². The van der Waals surface area contributed by atoms with Crippen LogP contribution in [-0.2, 0) is 36.2 Å². The van der Waals surface area contributed by atoms with Gasteiger partial charge in [0.15, 0.2) is 20.5 Å². The lowest BCUT2D eigenvalue weighted by atomic mass is 9.93. The van der Waals surface area contributed by atoms with Gasteiger partial charge in [0.05, 0.1) is 36.0 Å². The quantitative estimate of drug-likeness (QED) is 0.221. The van der Waals surface area contributed by atoms with Crippen LogP contribution in [0.15, 0.2) is 89.6 Å². The molecular formula is C33H33N5O5S. The van der Waals surface area contributed by atoms with E-state index in [1.54, 1.807) is 17.8 Å². The van der Waals surface area contributed by atoms with Crippen LogP contribution in [-0.4, -0.2) is 47.4 Å². The van der Waals surface area contributed by atoms with E-state index in [2.05, 4.69) is 15.5 Å². The van der Waals surface area contributed by atoms with Gasteiger partial charge in [0.2, 0.25) is 0 Å². The van der Waals surface area contributed by atoms with Crippen molar-refractivity contribution in [2.45, 2.75) is 43.5 Å². The summed E-state index contributed by atoms with van der Waals surface area (Å²) in [6.45, 7) is 4.23. The molecule has 0 aliphatic heterocycles. The number of aryl methyl sites for hydroxylation is 1. The van der Waals surface area contributed by atoms with E-state index in [0.717, 1.165) is 41.4 Å². The molecule has 6 rings (SSSR count). The summed E-state index contributed by atoms with van der Waals surface area (Å²) in [6.07, 6.45) is 4.20. The molecule has 0 radical (unpaired) electrons. The van der Waals surface area contributed by atoms with Gasteiger partial charge in [-0.15, -0.1) is 5.10 Å². The Hall–Kier alpha value is -4.61. The molecule has 1 aliphatic rings. The normalized spacial score (nSPS) is 15.5. The van der Waals surface area contributed by atoms with Crippen LogP contribution in [0.3, 0.4) is 0 Å². The number of hydrogen-bond donors (Lipinski definition) is 1. The number of aromatic nitrogens is 4. The van der Waals surface area contributed by atoms with Crippen molar-refractivity contribution in [2.24, 2.45) is 5.73 Å². The van der Waals surface area contributed by atoms with E-state index in [1.165, 1.54) is 0 Å². The molecule has 1 atom stereocenters. The van der Waals surface area contributed by atoms with Gasteiger partial charge in [-0.25, -0.2) is 13.1 Å². The van der Waals surface area contributed by atoms with Crippen molar-refractivity contribution in [1.82, 2.24) is 20.2 Å². The highest BCUT2D eigenvalue weighted by Gasteiger charge is 2.52. The monoisotopic (exact) mass is 611 g/mol. The van der Waals surface area contributed by atoms with E-state index in [1.807, 2.05) is 85.8 Å². The Morgan fingerprint density at radius 2 is 1.61 bits per heavy atom. The molecule has 2 heterocycles. The molecular weight excluding hydrogens is 578 g/mol. The Kier molecular flexibility index (Phi) is 7.46. The summed E-state index contributed by atoms with van der Waals surface area (Å²) >= 11 is 0. The van der Waals surface area contributed by atoms with Gasteiger partial charge >= 0.3 is 5.97 Å². The predicted octanol–water partition coefficient (Wildman–Crippen LogP) is 4.76. The Morgan fingerprint density at radius 3 is 2.20 bits per heavy atom. The SMILES string of the molecule is CCOC(=O)C1(c2ccc(-c3ccc(-c4onc(C)c4C(N)(c4cn(Cc5ccccc5)nn4)S(C)(=O)=O)cc3)cc2)CC1. The van der Waals surface area contributed by atoms with Gasteiger partial charge < -0.3 is 15.0 Å². The average molecular weight is 612 g/mol. The zero-order valence-electron chi connectivity index (χ0n) is 24.7. The summed E-state index contributed by atoms with van der Waals surface area (Å²) in [5, 5.41) is 12.5. The Morgan fingerprint density at radius 1 is 1.00 bits per heavy atom. The number of carbonyl (C=O) groups is 1. The lowest BCUT2D eigenvalue weighted by Crippen LogP contribution is -2.46. The lowest BCUT2D eigenvalue weighted by Gasteiger charge is -2.25. The number of esters is 1. The molecule has 1 aliphatic carbocycles. The van der Waals surface area contributed by atoms with Crippen molar-refractivity contribution in [2.75, 3.05) is 12.9 Å². The summed E-state index contributed by atoms with van der Waals surface area (Å²) in [4.78, 5) is 10.4. The lowest BCUT2D eigenvalue weighted by molar-refractivity contribution is -0.146. The number of hydrogen-bond acceptors (Lipinski definition) is 9. The van der Waals surface area contributed by atoms with Crippen molar-refractivity contribution in [3.05, 3.63) is 113 Å². The molecule has 10 nitrogen and oxygen atoms in total. The molecule has 44 heavy (non-hydrogen) atoms. The molecule has 2 aromatic heterocycles. The summed E-state index contributed by atoms with van der Waals surface area (Å²) in [5.74, 6) is 0.0686. The maximum absolute atomic E-state index is 13.4. The number of nitrogens with two attached hydrogens (primary N) is 1. The fourth-order valence-corrected chi connectivity index (χ4v) is 6.71. The first-order chi connectivity index (χ1) is 21.1. The summed E-state index contributed by atoms with van der Waals surface area (Å²) in [5.41, 5.74) is 11.3. The van der Waals surface area contributed by atoms with Crippen LogP contribution in [0.1, 0.15) is 47.8 Å². The van der Waals surface area contributed by atoms with Crippen LogP contribution in [0.4, 0.5) is 0 Å². The highest BCUT2D eigenvalue weighted by molar-refractivity contribution is 7.91. The van der Waals surface area contributed by atoms with Gasteiger partial charge in [-0.3, -0.25) is 4.79 Å². The number of carbonyl (C=O) groups excluding carboxylic acids is 1. The minimum atomic E-state index is -4.00. The maximum atomic E-state index is 13.4. The molecule has 0 saturated heterocycles. The van der Waals surface area contributed by atoms with Crippen molar-refractivity contribution >= 4 is 15.8 Å². The number of sulfone groups is 1. The second kappa shape index (κ2) is 11.1. The number of nitrogens with zero attached hydrogens (tertiary/aromatic N) is 4. The largest absolute Gasteiger partial charge is 0.465 e. The molecule has 1 fully saturated rings. The minimum Gasteiger partial charge on any atom is -0.465 e. The van der Waals surface area contributed by atoms with Crippen LogP contribution in [0, 0.1) is 6.92 Å². The molecule has 3 aromatic carbocycles. The van der Waals surface area contributed by atoms with Crippen LogP contribution in [0.2, 0.25) is 0 Å². The van der Waals surface area contributed by atoms with Gasteiger partial charge in [-0.05, 0) is 48.9 Å². The number of rotatable bonds is 10. The Balaban J connectivity index is 1.31. The first kappa shape index (κ1) is 29.5. The number of ether oxygens (including phenoxy) is 1. The Labute approximate surface area is 255 Å². The minimum absolute atomic E-state index is 0.0662. The molecule has 0 bridgehead atoms. The van der Waals surface area contributed by atoms with Gasteiger partial charge in [-0.2, -0.15) is 0 Å². The molecule has 226 valence electrons. The first-order valence-corrected chi connectivity index (χ1v) is 16.2. The standard InChI is InChI=1S/C33H33N5O5S/c1-4-42-31(39)32(18-19-32)27-16-14-25(15-17-27)24-10-12-26(13-11-24)30-29(22(2)36-43-30)33(34,44(3,40)41)28-21-38(37-35-28)20-23-8-6-5-7-9-23/h5-17,21H,4,18-20,34H2,1-3H3. The van der Waals surface area contributed by atoms with E-state index in [0.29, 0.717) is 24.4 Å². The van der Waals surface area contributed by atoms with Crippen molar-refractivity contribution in [1.29, 1.82) is 0 Å². The first-order valence-electron chi connectivity index (χ1n) is 14.3. The van der Waals surface area contributed by atoms with E-state index in [-0.39, 0.29) is 23.0 Å². The van der Waals surface area contributed by atoms with Gasteiger partial charge in [0.1, 0.15) is 5.69 Å². The second-order valence-corrected chi connectivity index (χ2v) is 13.4. The van der Waals surface area contributed by atoms with E-state index in [4.69, 9.17) is 15.0 Å². The number of benzene rings is 3. The van der Waals surface area contributed by atoms with Crippen LogP contribution in [0.25, 0.3) is 22.5 Å². The van der Waals surface area contributed by atoms with Crippen LogP contribution >= 0.6 is 0 Å². The van der Waals surface area contributed by atoms with Crippen LogP contribution < -0.4 is 5.73 Å². The third kappa shape index (κ3) is 5.11. The summed E-state index contributed by atoms with van der Waals surface area (Å²) in [7, 11) is -4.00. The molecule has 1 saturated carbocycles. The summed E-state index contributed by atoms with van der Waals surface area (Å²) in [6, 6.07) is 25.1. The van der Waals surface area contributed by atoms with Gasteiger partial charge in [0.25, 0.3) is 0 Å². The Bertz CT molecular complexity index is 1910. The zero-order chi connectivity index (χ0) is 31.1. The highest BCUT2D eigenvalue weighted by Crippen LogP contribution is 2.49. The van der Waals surface area contributed by atoms with E-state index >= 15 is 0 Å². The molecule has 0 amide bonds. The smallest absolute Gasteiger partial charge is 0.316 e. The van der Waals surface area contributed by atoms with Gasteiger partial charge in [0, 0.05) is 11.8 Å². The third-order valence-corrected chi connectivity index (χ3v) is 9.84. The van der Waals surface area contributed by atoms with Crippen molar-refractivity contribution in [3.63, 3.8) is 0 Å². The molecule has 11 heteroatoms. The highest BCUT2D eigenvalue weighted by atomic mass is 32.2. The van der Waals surface area contributed by atoms with Crippen molar-refractivity contribution in [3.8, 4) is 22.5 Å². The molecule has 2 N–H and O–H groups in total. The van der Waals surface area contributed by atoms with Gasteiger partial charge in [-0.1, -0.05) is 89.2 Å². The topological polar surface area (TPSA) is 143 Å². The molecule has 5 aromatic rings. The van der Waals surface area contributed by atoms with E-state index < -0.39 is 20.1 Å².